The lowest BCUT2D eigenvalue weighted by Gasteiger charge is -2.13. The van der Waals surface area contributed by atoms with E-state index in [4.69, 9.17) is 0 Å². The van der Waals surface area contributed by atoms with Crippen LogP contribution >= 0.6 is 11.8 Å². The lowest BCUT2D eigenvalue weighted by Crippen LogP contribution is -2.33. The van der Waals surface area contributed by atoms with E-state index in [1.807, 2.05) is 19.9 Å². The maximum atomic E-state index is 12.9. The predicted octanol–water partition coefficient (Wildman–Crippen LogP) is 2.28. The monoisotopic (exact) mass is 243 g/mol. The van der Waals surface area contributed by atoms with Gasteiger partial charge in [0.15, 0.2) is 0 Å². The molecule has 0 aliphatic heterocycles. The van der Waals surface area contributed by atoms with E-state index in [1.165, 1.54) is 23.9 Å². The summed E-state index contributed by atoms with van der Waals surface area (Å²) in [5.41, 5.74) is 0. The summed E-state index contributed by atoms with van der Waals surface area (Å²) in [6.45, 7) is 4.64. The number of aliphatic hydroxyl groups excluding tert-OH is 1. The minimum atomic E-state index is -0.407. The molecule has 2 N–H and O–H groups in total. The van der Waals surface area contributed by atoms with Gasteiger partial charge in [0.1, 0.15) is 5.82 Å². The molecule has 1 rings (SSSR count). The van der Waals surface area contributed by atoms with Gasteiger partial charge in [-0.1, -0.05) is 19.9 Å². The number of halogens is 1. The number of hydrogen-bond acceptors (Lipinski definition) is 3. The maximum Gasteiger partial charge on any atom is 0.124 e. The quantitative estimate of drug-likeness (QED) is 0.752. The number of thioether (sulfide) groups is 1. The van der Waals surface area contributed by atoms with Crippen LogP contribution < -0.4 is 5.32 Å². The molecule has 2 nitrogen and oxygen atoms in total. The molecule has 0 heterocycles. The molecule has 0 aromatic heterocycles. The van der Waals surface area contributed by atoms with Gasteiger partial charge in [-0.3, -0.25) is 0 Å². The molecule has 1 aromatic carbocycles. The van der Waals surface area contributed by atoms with E-state index in [1.54, 1.807) is 6.07 Å². The van der Waals surface area contributed by atoms with Crippen molar-refractivity contribution in [3.05, 3.63) is 30.1 Å². The Morgan fingerprint density at radius 1 is 1.44 bits per heavy atom. The molecule has 1 unspecified atom stereocenters. The molecular formula is C12H18FNOS. The first kappa shape index (κ1) is 13.5. The van der Waals surface area contributed by atoms with Crippen molar-refractivity contribution in [2.75, 3.05) is 12.3 Å². The smallest absolute Gasteiger partial charge is 0.124 e. The summed E-state index contributed by atoms with van der Waals surface area (Å²) in [6, 6.07) is 6.79. The highest BCUT2D eigenvalue weighted by molar-refractivity contribution is 7.99. The highest BCUT2D eigenvalue weighted by Gasteiger charge is 2.06. The van der Waals surface area contributed by atoms with Crippen molar-refractivity contribution in [2.24, 2.45) is 0 Å². The minimum absolute atomic E-state index is 0.236. The highest BCUT2D eigenvalue weighted by Crippen LogP contribution is 2.19. The van der Waals surface area contributed by atoms with Crippen molar-refractivity contribution in [1.82, 2.24) is 5.32 Å². The third-order valence-electron chi connectivity index (χ3n) is 2.00. The summed E-state index contributed by atoms with van der Waals surface area (Å²) < 4.78 is 12.9. The molecule has 16 heavy (non-hydrogen) atoms. The second kappa shape index (κ2) is 6.89. The Hall–Kier alpha value is -0.580. The molecule has 0 fully saturated rings. The van der Waals surface area contributed by atoms with Crippen LogP contribution in [0.1, 0.15) is 13.8 Å². The normalized spacial score (nSPS) is 13.1. The fourth-order valence-corrected chi connectivity index (χ4v) is 2.05. The van der Waals surface area contributed by atoms with Gasteiger partial charge in [0.05, 0.1) is 6.10 Å². The number of benzene rings is 1. The zero-order valence-corrected chi connectivity index (χ0v) is 10.4. The molecule has 1 aromatic rings. The van der Waals surface area contributed by atoms with Gasteiger partial charge in [0.2, 0.25) is 0 Å². The molecule has 0 saturated heterocycles. The topological polar surface area (TPSA) is 32.3 Å². The molecule has 1 atom stereocenters. The summed E-state index contributed by atoms with van der Waals surface area (Å²) >= 11 is 1.46. The summed E-state index contributed by atoms with van der Waals surface area (Å²) in [7, 11) is 0. The first-order chi connectivity index (χ1) is 7.58. The molecule has 4 heteroatoms. The van der Waals surface area contributed by atoms with E-state index in [0.717, 1.165) is 4.90 Å². The summed E-state index contributed by atoms with van der Waals surface area (Å²) in [4.78, 5) is 0.851. The van der Waals surface area contributed by atoms with Gasteiger partial charge in [-0.15, -0.1) is 11.8 Å². The van der Waals surface area contributed by atoms with Crippen molar-refractivity contribution in [1.29, 1.82) is 0 Å². The average molecular weight is 243 g/mol. The molecule has 0 saturated carbocycles. The highest BCUT2D eigenvalue weighted by atomic mass is 32.2. The molecule has 0 radical (unpaired) electrons. The van der Waals surface area contributed by atoms with Crippen molar-refractivity contribution in [2.45, 2.75) is 30.9 Å². The van der Waals surface area contributed by atoms with Crippen LogP contribution in [-0.4, -0.2) is 29.5 Å². The maximum absolute atomic E-state index is 12.9. The van der Waals surface area contributed by atoms with E-state index in [-0.39, 0.29) is 5.82 Å². The SMILES string of the molecule is CC(C)NCC(O)CSc1cccc(F)c1. The third kappa shape index (κ3) is 5.49. The van der Waals surface area contributed by atoms with Crippen molar-refractivity contribution in [3.63, 3.8) is 0 Å². The predicted molar refractivity (Wildman–Crippen MR) is 66.3 cm³/mol. The van der Waals surface area contributed by atoms with Crippen LogP contribution in [0.15, 0.2) is 29.2 Å². The summed E-state index contributed by atoms with van der Waals surface area (Å²) in [5, 5.41) is 12.8. The first-order valence-electron chi connectivity index (χ1n) is 5.37. The Labute approximate surface area is 100 Å². The Bertz CT molecular complexity index is 320. The summed E-state index contributed by atoms with van der Waals surface area (Å²) in [5.74, 6) is 0.336. The molecule has 0 spiro atoms. The van der Waals surface area contributed by atoms with E-state index >= 15 is 0 Å². The Kier molecular flexibility index (Phi) is 5.80. The van der Waals surface area contributed by atoms with E-state index in [9.17, 15) is 9.50 Å². The van der Waals surface area contributed by atoms with Gasteiger partial charge < -0.3 is 10.4 Å². The van der Waals surface area contributed by atoms with Gasteiger partial charge in [0.25, 0.3) is 0 Å². The third-order valence-corrected chi connectivity index (χ3v) is 3.14. The van der Waals surface area contributed by atoms with Gasteiger partial charge in [0, 0.05) is 23.2 Å². The Morgan fingerprint density at radius 2 is 2.19 bits per heavy atom. The largest absolute Gasteiger partial charge is 0.391 e. The summed E-state index contributed by atoms with van der Waals surface area (Å²) in [6.07, 6.45) is -0.407. The van der Waals surface area contributed by atoms with E-state index in [0.29, 0.717) is 18.3 Å². The Balaban J connectivity index is 2.28. The van der Waals surface area contributed by atoms with Crippen LogP contribution in [-0.2, 0) is 0 Å². The fourth-order valence-electron chi connectivity index (χ4n) is 1.18. The molecule has 0 aliphatic rings. The number of nitrogens with one attached hydrogen (secondary N) is 1. The standard InChI is InChI=1S/C12H18FNOS/c1-9(2)14-7-11(15)8-16-12-5-3-4-10(13)6-12/h3-6,9,11,14-15H,7-8H2,1-2H3. The number of aliphatic hydroxyl groups is 1. The second-order valence-electron chi connectivity index (χ2n) is 3.99. The van der Waals surface area contributed by atoms with E-state index < -0.39 is 6.10 Å². The average Bonchev–Trinajstić information content (AvgIpc) is 2.23. The van der Waals surface area contributed by atoms with Gasteiger partial charge in [-0.05, 0) is 18.2 Å². The lowest BCUT2D eigenvalue weighted by atomic mass is 10.3. The molecule has 0 aliphatic carbocycles. The number of rotatable bonds is 6. The minimum Gasteiger partial charge on any atom is -0.391 e. The molecule has 90 valence electrons. The van der Waals surface area contributed by atoms with E-state index in [2.05, 4.69) is 5.32 Å². The van der Waals surface area contributed by atoms with Crippen LogP contribution in [0.25, 0.3) is 0 Å². The zero-order valence-electron chi connectivity index (χ0n) is 9.61. The zero-order chi connectivity index (χ0) is 12.0. The van der Waals surface area contributed by atoms with Crippen LogP contribution in [0.5, 0.6) is 0 Å². The molecule has 0 bridgehead atoms. The Morgan fingerprint density at radius 3 is 2.81 bits per heavy atom. The van der Waals surface area contributed by atoms with Crippen molar-refractivity contribution in [3.8, 4) is 0 Å². The van der Waals surface area contributed by atoms with Gasteiger partial charge in [-0.25, -0.2) is 4.39 Å². The molecular weight excluding hydrogens is 225 g/mol. The van der Waals surface area contributed by atoms with Crippen LogP contribution in [0.2, 0.25) is 0 Å². The molecule has 0 amide bonds. The van der Waals surface area contributed by atoms with Crippen molar-refractivity contribution < 1.29 is 9.50 Å². The fraction of sp³-hybridized carbons (Fsp3) is 0.500. The van der Waals surface area contributed by atoms with Crippen molar-refractivity contribution >= 4 is 11.8 Å². The van der Waals surface area contributed by atoms with Gasteiger partial charge >= 0.3 is 0 Å². The lowest BCUT2D eigenvalue weighted by molar-refractivity contribution is 0.192. The first-order valence-corrected chi connectivity index (χ1v) is 6.36. The van der Waals surface area contributed by atoms with Crippen LogP contribution in [0, 0.1) is 5.82 Å². The van der Waals surface area contributed by atoms with Crippen LogP contribution in [0.4, 0.5) is 4.39 Å². The second-order valence-corrected chi connectivity index (χ2v) is 5.08. The number of hydrogen-bond donors (Lipinski definition) is 2. The van der Waals surface area contributed by atoms with Gasteiger partial charge in [-0.2, -0.15) is 0 Å². The van der Waals surface area contributed by atoms with Crippen LogP contribution in [0.3, 0.4) is 0 Å².